The Balaban J connectivity index is 1.62. The van der Waals surface area contributed by atoms with Crippen LogP contribution in [0.25, 0.3) is 0 Å². The second kappa shape index (κ2) is 9.72. The molecule has 0 aliphatic heterocycles. The summed E-state index contributed by atoms with van der Waals surface area (Å²) >= 11 is 6.11. The van der Waals surface area contributed by atoms with Crippen molar-refractivity contribution in [1.82, 2.24) is 10.9 Å². The summed E-state index contributed by atoms with van der Waals surface area (Å²) in [5.41, 5.74) is 7.69. The standard InChI is InChI=1S/C23H21ClN2O2/c24-20-14-8-7-9-17(20)15-16-21(27)25-26-23(28)22(18-10-3-1-4-11-18)19-12-5-2-6-13-19/h1-14,22H,15-16H2,(H,25,27)(H,26,28). The van der Waals surface area contributed by atoms with Crippen molar-refractivity contribution in [2.45, 2.75) is 18.8 Å². The van der Waals surface area contributed by atoms with Gasteiger partial charge in [0.05, 0.1) is 5.92 Å². The highest BCUT2D eigenvalue weighted by Crippen LogP contribution is 2.24. The summed E-state index contributed by atoms with van der Waals surface area (Å²) in [4.78, 5) is 25.0. The molecule has 0 heterocycles. The van der Waals surface area contributed by atoms with Gasteiger partial charge in [0, 0.05) is 11.4 Å². The Morgan fingerprint density at radius 1 is 0.750 bits per heavy atom. The van der Waals surface area contributed by atoms with E-state index in [1.54, 1.807) is 6.07 Å². The van der Waals surface area contributed by atoms with Crippen LogP contribution in [0.5, 0.6) is 0 Å². The lowest BCUT2D eigenvalue weighted by Crippen LogP contribution is -2.44. The van der Waals surface area contributed by atoms with Gasteiger partial charge >= 0.3 is 0 Å². The zero-order chi connectivity index (χ0) is 19.8. The molecule has 0 bridgehead atoms. The summed E-state index contributed by atoms with van der Waals surface area (Å²) in [6.07, 6.45) is 0.730. The van der Waals surface area contributed by atoms with Crippen molar-refractivity contribution in [1.29, 1.82) is 0 Å². The number of benzene rings is 3. The van der Waals surface area contributed by atoms with Gasteiger partial charge in [0.15, 0.2) is 0 Å². The molecular formula is C23H21ClN2O2. The molecule has 5 heteroatoms. The predicted molar refractivity (Wildman–Crippen MR) is 111 cm³/mol. The first-order valence-corrected chi connectivity index (χ1v) is 9.45. The minimum absolute atomic E-state index is 0.228. The lowest BCUT2D eigenvalue weighted by atomic mass is 9.91. The smallest absolute Gasteiger partial charge is 0.250 e. The first-order valence-electron chi connectivity index (χ1n) is 9.07. The molecule has 0 fully saturated rings. The number of rotatable bonds is 6. The van der Waals surface area contributed by atoms with Crippen LogP contribution in [0.1, 0.15) is 29.0 Å². The van der Waals surface area contributed by atoms with Gasteiger partial charge < -0.3 is 0 Å². The van der Waals surface area contributed by atoms with Gasteiger partial charge in [0.1, 0.15) is 0 Å². The molecule has 2 N–H and O–H groups in total. The Morgan fingerprint density at radius 3 is 1.86 bits per heavy atom. The van der Waals surface area contributed by atoms with Crippen molar-refractivity contribution >= 4 is 23.4 Å². The van der Waals surface area contributed by atoms with Gasteiger partial charge in [-0.3, -0.25) is 20.4 Å². The van der Waals surface area contributed by atoms with E-state index < -0.39 is 5.92 Å². The number of carbonyl (C=O) groups is 2. The number of aryl methyl sites for hydroxylation is 1. The molecular weight excluding hydrogens is 372 g/mol. The van der Waals surface area contributed by atoms with E-state index in [4.69, 9.17) is 11.6 Å². The van der Waals surface area contributed by atoms with Crippen molar-refractivity contribution in [3.05, 3.63) is 107 Å². The summed E-state index contributed by atoms with van der Waals surface area (Å²) in [7, 11) is 0. The molecule has 0 atom stereocenters. The van der Waals surface area contributed by atoms with Gasteiger partial charge in [-0.1, -0.05) is 90.5 Å². The average Bonchev–Trinajstić information content (AvgIpc) is 2.73. The number of hydrazine groups is 1. The van der Waals surface area contributed by atoms with E-state index in [-0.39, 0.29) is 18.2 Å². The first kappa shape index (κ1) is 19.6. The topological polar surface area (TPSA) is 58.2 Å². The molecule has 0 unspecified atom stereocenters. The fourth-order valence-corrected chi connectivity index (χ4v) is 3.23. The van der Waals surface area contributed by atoms with Crippen molar-refractivity contribution in [3.8, 4) is 0 Å². The molecule has 0 saturated heterocycles. The normalized spacial score (nSPS) is 10.5. The number of hydrogen-bond acceptors (Lipinski definition) is 2. The molecule has 0 aromatic heterocycles. The number of hydrogen-bond donors (Lipinski definition) is 2. The highest BCUT2D eigenvalue weighted by Gasteiger charge is 2.22. The first-order chi connectivity index (χ1) is 13.6. The molecule has 0 saturated carbocycles. The maximum Gasteiger partial charge on any atom is 0.250 e. The molecule has 3 aromatic carbocycles. The maximum atomic E-state index is 12.8. The third kappa shape index (κ3) is 5.21. The summed E-state index contributed by atoms with van der Waals surface area (Å²) in [6.45, 7) is 0. The third-order valence-electron chi connectivity index (χ3n) is 4.43. The fraction of sp³-hybridized carbons (Fsp3) is 0.130. The summed E-state index contributed by atoms with van der Waals surface area (Å²) < 4.78 is 0. The molecule has 0 spiro atoms. The third-order valence-corrected chi connectivity index (χ3v) is 4.80. The molecule has 3 rings (SSSR count). The zero-order valence-corrected chi connectivity index (χ0v) is 16.0. The van der Waals surface area contributed by atoms with E-state index >= 15 is 0 Å². The Kier molecular flexibility index (Phi) is 6.82. The number of amides is 2. The fourth-order valence-electron chi connectivity index (χ4n) is 3.00. The van der Waals surface area contributed by atoms with Crippen LogP contribution in [0.4, 0.5) is 0 Å². The lowest BCUT2D eigenvalue weighted by Gasteiger charge is -2.18. The van der Waals surface area contributed by atoms with Crippen LogP contribution in [0.2, 0.25) is 5.02 Å². The van der Waals surface area contributed by atoms with Crippen molar-refractivity contribution in [2.24, 2.45) is 0 Å². The maximum absolute atomic E-state index is 12.8. The lowest BCUT2D eigenvalue weighted by molar-refractivity contribution is -0.129. The highest BCUT2D eigenvalue weighted by molar-refractivity contribution is 6.31. The summed E-state index contributed by atoms with van der Waals surface area (Å²) in [5, 5.41) is 0.632. The van der Waals surface area contributed by atoms with E-state index in [2.05, 4.69) is 10.9 Å². The largest absolute Gasteiger partial charge is 0.273 e. The van der Waals surface area contributed by atoms with Gasteiger partial charge in [-0.05, 0) is 29.2 Å². The van der Waals surface area contributed by atoms with Crippen LogP contribution in [-0.2, 0) is 16.0 Å². The molecule has 0 aliphatic rings. The number of halogens is 1. The highest BCUT2D eigenvalue weighted by atomic mass is 35.5. The molecule has 28 heavy (non-hydrogen) atoms. The number of nitrogens with one attached hydrogen (secondary N) is 2. The molecule has 0 radical (unpaired) electrons. The minimum atomic E-state index is -0.508. The minimum Gasteiger partial charge on any atom is -0.273 e. The van der Waals surface area contributed by atoms with Crippen LogP contribution < -0.4 is 10.9 Å². The van der Waals surface area contributed by atoms with Gasteiger partial charge in [0.2, 0.25) is 11.8 Å². The molecule has 142 valence electrons. The van der Waals surface area contributed by atoms with Crippen molar-refractivity contribution < 1.29 is 9.59 Å². The molecule has 4 nitrogen and oxygen atoms in total. The van der Waals surface area contributed by atoms with E-state index in [1.807, 2.05) is 78.9 Å². The van der Waals surface area contributed by atoms with Crippen molar-refractivity contribution in [2.75, 3.05) is 0 Å². The van der Waals surface area contributed by atoms with Crippen LogP contribution in [0, 0.1) is 0 Å². The second-order valence-corrected chi connectivity index (χ2v) is 6.79. The predicted octanol–water partition coefficient (Wildman–Crippen LogP) is 4.25. The molecule has 3 aromatic rings. The van der Waals surface area contributed by atoms with E-state index in [0.29, 0.717) is 11.4 Å². The van der Waals surface area contributed by atoms with E-state index in [0.717, 1.165) is 16.7 Å². The van der Waals surface area contributed by atoms with E-state index in [1.165, 1.54) is 0 Å². The summed E-state index contributed by atoms with van der Waals surface area (Å²) in [6, 6.07) is 26.4. The van der Waals surface area contributed by atoms with Gasteiger partial charge in [-0.2, -0.15) is 0 Å². The van der Waals surface area contributed by atoms with E-state index in [9.17, 15) is 9.59 Å². The van der Waals surface area contributed by atoms with Crippen LogP contribution >= 0.6 is 11.6 Å². The Hall–Kier alpha value is -3.11. The zero-order valence-electron chi connectivity index (χ0n) is 15.3. The van der Waals surface area contributed by atoms with Crippen LogP contribution in [-0.4, -0.2) is 11.8 Å². The van der Waals surface area contributed by atoms with Gasteiger partial charge in [0.25, 0.3) is 0 Å². The monoisotopic (exact) mass is 392 g/mol. The Labute approximate surface area is 169 Å². The second-order valence-electron chi connectivity index (χ2n) is 6.38. The van der Waals surface area contributed by atoms with Crippen LogP contribution in [0.15, 0.2) is 84.9 Å². The SMILES string of the molecule is O=C(CCc1ccccc1Cl)NNC(=O)C(c1ccccc1)c1ccccc1. The van der Waals surface area contributed by atoms with Crippen LogP contribution in [0.3, 0.4) is 0 Å². The summed E-state index contributed by atoms with van der Waals surface area (Å²) in [5.74, 6) is -1.07. The Bertz CT molecular complexity index is 890. The molecule has 0 aliphatic carbocycles. The number of carbonyl (C=O) groups excluding carboxylic acids is 2. The average molecular weight is 393 g/mol. The van der Waals surface area contributed by atoms with Crippen molar-refractivity contribution in [3.63, 3.8) is 0 Å². The van der Waals surface area contributed by atoms with Gasteiger partial charge in [-0.15, -0.1) is 0 Å². The molecule has 2 amide bonds. The Morgan fingerprint density at radius 2 is 1.29 bits per heavy atom. The van der Waals surface area contributed by atoms with Gasteiger partial charge in [-0.25, -0.2) is 0 Å². The quantitative estimate of drug-likeness (QED) is 0.616.